The Morgan fingerprint density at radius 2 is 0.905 bits per heavy atom. The van der Waals surface area contributed by atoms with E-state index in [1.165, 1.54) is 44.5 Å². The summed E-state index contributed by atoms with van der Waals surface area (Å²) in [6.45, 7) is 9.43. The number of hydrogen-bond acceptors (Lipinski definition) is 3. The number of furan rings is 2. The highest BCUT2D eigenvalue weighted by molar-refractivity contribution is 6.23. The van der Waals surface area contributed by atoms with Crippen molar-refractivity contribution in [2.45, 2.75) is 38.5 Å². The minimum Gasteiger partial charge on any atom is -0.456 e. The number of nitrogens with zero attached hydrogens (tertiary/aromatic N) is 1. The maximum absolute atomic E-state index is 6.91. The molecule has 13 rings (SSSR count). The van der Waals surface area contributed by atoms with Gasteiger partial charge in [0.05, 0.1) is 0 Å². The van der Waals surface area contributed by atoms with Crippen molar-refractivity contribution in [1.29, 1.82) is 0 Å². The maximum Gasteiger partial charge on any atom is 0.144 e. The third-order valence-corrected chi connectivity index (χ3v) is 14.3. The Morgan fingerprint density at radius 3 is 1.57 bits per heavy atom. The largest absolute Gasteiger partial charge is 0.456 e. The fourth-order valence-electron chi connectivity index (χ4n) is 11.1. The second kappa shape index (κ2) is 13.0. The van der Waals surface area contributed by atoms with Gasteiger partial charge >= 0.3 is 0 Å². The van der Waals surface area contributed by atoms with Crippen molar-refractivity contribution < 1.29 is 8.83 Å². The van der Waals surface area contributed by atoms with Crippen molar-refractivity contribution in [2.24, 2.45) is 0 Å². The highest BCUT2D eigenvalue weighted by atomic mass is 16.3. The van der Waals surface area contributed by atoms with E-state index in [1.807, 2.05) is 12.1 Å². The predicted molar refractivity (Wildman–Crippen MR) is 262 cm³/mol. The highest BCUT2D eigenvalue weighted by Crippen LogP contribution is 2.53. The Morgan fingerprint density at radius 1 is 0.349 bits per heavy atom. The third kappa shape index (κ3) is 5.14. The summed E-state index contributed by atoms with van der Waals surface area (Å²) in [6.07, 6.45) is 0. The van der Waals surface area contributed by atoms with Crippen LogP contribution in [0.3, 0.4) is 0 Å². The first kappa shape index (κ1) is 36.1. The molecule has 3 nitrogen and oxygen atoms in total. The lowest BCUT2D eigenvalue weighted by molar-refractivity contribution is 0.660. The Hall–Kier alpha value is -7.62. The van der Waals surface area contributed by atoms with Gasteiger partial charge in [-0.15, -0.1) is 0 Å². The molecule has 9 aromatic carbocycles. The second-order valence-electron chi connectivity index (χ2n) is 18.5. The van der Waals surface area contributed by atoms with Gasteiger partial charge in [0.1, 0.15) is 22.3 Å². The summed E-state index contributed by atoms with van der Waals surface area (Å²) in [5, 5.41) is 4.29. The van der Waals surface area contributed by atoms with Gasteiger partial charge in [0.25, 0.3) is 0 Å². The fraction of sp³-hybridized carbons (Fsp3) is 0.100. The first-order valence-corrected chi connectivity index (χ1v) is 22.0. The van der Waals surface area contributed by atoms with Gasteiger partial charge in [-0.25, -0.2) is 0 Å². The van der Waals surface area contributed by atoms with Crippen LogP contribution in [0.25, 0.3) is 88.4 Å². The molecule has 0 aliphatic heterocycles. The van der Waals surface area contributed by atoms with Gasteiger partial charge in [-0.05, 0) is 122 Å². The van der Waals surface area contributed by atoms with Gasteiger partial charge < -0.3 is 13.7 Å². The molecule has 0 atom stereocenters. The SMILES string of the molecule is CC1(C)c2ccccc2-c2ccc(N(c3ccc(-c4ccc5c(c4)oc4c(-c6ccccc6)c6c(cc45)oc4ccccc46)cc3)c3ccc4c(c3)C(C)(C)c3ccccc3-4)cc21. The van der Waals surface area contributed by atoms with Crippen LogP contribution in [0, 0.1) is 0 Å². The molecule has 0 spiro atoms. The van der Waals surface area contributed by atoms with Crippen LogP contribution in [0.2, 0.25) is 0 Å². The lowest BCUT2D eigenvalue weighted by atomic mass is 9.82. The van der Waals surface area contributed by atoms with Crippen molar-refractivity contribution in [1.82, 2.24) is 0 Å². The summed E-state index contributed by atoms with van der Waals surface area (Å²) >= 11 is 0. The Kier molecular flexibility index (Phi) is 7.42. The van der Waals surface area contributed by atoms with E-state index in [4.69, 9.17) is 8.83 Å². The zero-order valence-corrected chi connectivity index (χ0v) is 35.7. The summed E-state index contributed by atoms with van der Waals surface area (Å²) < 4.78 is 13.4. The average molecular weight is 810 g/mol. The van der Waals surface area contributed by atoms with Gasteiger partial charge in [0.15, 0.2) is 0 Å². The van der Waals surface area contributed by atoms with Crippen LogP contribution in [-0.2, 0) is 10.8 Å². The van der Waals surface area contributed by atoms with Crippen LogP contribution in [0.5, 0.6) is 0 Å². The van der Waals surface area contributed by atoms with Crippen LogP contribution >= 0.6 is 0 Å². The van der Waals surface area contributed by atoms with Gasteiger partial charge in [-0.2, -0.15) is 0 Å². The van der Waals surface area contributed by atoms with Crippen molar-refractivity contribution in [3.8, 4) is 44.5 Å². The van der Waals surface area contributed by atoms with E-state index in [9.17, 15) is 0 Å². The summed E-state index contributed by atoms with van der Waals surface area (Å²) in [5.74, 6) is 0. The van der Waals surface area contributed by atoms with Crippen LogP contribution in [0.4, 0.5) is 17.1 Å². The monoisotopic (exact) mass is 809 g/mol. The molecule has 0 fully saturated rings. The summed E-state index contributed by atoms with van der Waals surface area (Å²) in [7, 11) is 0. The van der Waals surface area contributed by atoms with Crippen LogP contribution in [0.1, 0.15) is 49.9 Å². The minimum absolute atomic E-state index is 0.117. The van der Waals surface area contributed by atoms with Crippen molar-refractivity contribution >= 4 is 60.9 Å². The first-order chi connectivity index (χ1) is 30.7. The zero-order valence-electron chi connectivity index (χ0n) is 35.7. The summed E-state index contributed by atoms with van der Waals surface area (Å²) in [6, 6.07) is 68.5. The Bertz CT molecular complexity index is 3570. The second-order valence-corrected chi connectivity index (χ2v) is 18.5. The molecule has 2 aromatic heterocycles. The van der Waals surface area contributed by atoms with Gasteiger partial charge in [0, 0.05) is 55.0 Å². The smallest absolute Gasteiger partial charge is 0.144 e. The molecule has 300 valence electrons. The van der Waals surface area contributed by atoms with E-state index in [0.717, 1.165) is 83.2 Å². The van der Waals surface area contributed by atoms with E-state index >= 15 is 0 Å². The standard InChI is InChI=1S/C60H43NO2/c1-59(2)49-19-11-8-16-42(49)44-30-27-40(33-51(44)59)61(41-28-31-45-43-17-9-12-20-50(43)60(3,4)52(45)34-41)39-25-22-36(23-26-39)38-24-29-46-48-35-55-57(47-18-10-13-21-53(47)62-55)56(37-14-6-5-7-15-37)58(48)63-54(46)32-38/h5-35H,1-4H3. The van der Waals surface area contributed by atoms with E-state index < -0.39 is 0 Å². The first-order valence-electron chi connectivity index (χ1n) is 22.0. The molecule has 2 aliphatic rings. The summed E-state index contributed by atoms with van der Waals surface area (Å²) in [5.41, 5.74) is 21.8. The van der Waals surface area contributed by atoms with Crippen molar-refractivity contribution in [3.05, 3.63) is 210 Å². The van der Waals surface area contributed by atoms with E-state index in [0.29, 0.717) is 0 Å². The molecule has 0 amide bonds. The minimum atomic E-state index is -0.117. The molecule has 2 heterocycles. The highest BCUT2D eigenvalue weighted by Gasteiger charge is 2.38. The van der Waals surface area contributed by atoms with Crippen molar-refractivity contribution in [2.75, 3.05) is 4.90 Å². The molecular formula is C60H43NO2. The van der Waals surface area contributed by atoms with E-state index in [2.05, 4.69) is 209 Å². The Balaban J connectivity index is 0.938. The number of rotatable bonds is 5. The molecule has 2 aliphatic carbocycles. The third-order valence-electron chi connectivity index (χ3n) is 14.3. The molecule has 0 unspecified atom stereocenters. The van der Waals surface area contributed by atoms with Gasteiger partial charge in [0.2, 0.25) is 0 Å². The topological polar surface area (TPSA) is 29.5 Å². The van der Waals surface area contributed by atoms with Crippen LogP contribution in [-0.4, -0.2) is 0 Å². The molecule has 0 bridgehead atoms. The number of para-hydroxylation sites is 1. The molecular weight excluding hydrogens is 767 g/mol. The molecule has 0 N–H and O–H groups in total. The average Bonchev–Trinajstić information content (AvgIpc) is 4.01. The van der Waals surface area contributed by atoms with Gasteiger partial charge in [-0.3, -0.25) is 0 Å². The van der Waals surface area contributed by atoms with Crippen LogP contribution in [0.15, 0.2) is 197 Å². The summed E-state index contributed by atoms with van der Waals surface area (Å²) in [4.78, 5) is 2.44. The zero-order chi connectivity index (χ0) is 42.2. The van der Waals surface area contributed by atoms with E-state index in [-0.39, 0.29) is 10.8 Å². The normalized spacial score (nSPS) is 14.3. The lowest BCUT2D eigenvalue weighted by Gasteiger charge is -2.30. The number of benzene rings is 9. The maximum atomic E-state index is 6.91. The van der Waals surface area contributed by atoms with Crippen molar-refractivity contribution in [3.63, 3.8) is 0 Å². The van der Waals surface area contributed by atoms with Crippen LogP contribution < -0.4 is 4.90 Å². The quantitative estimate of drug-likeness (QED) is 0.173. The molecule has 3 heteroatoms. The van der Waals surface area contributed by atoms with Gasteiger partial charge in [-0.1, -0.05) is 155 Å². The molecule has 0 saturated heterocycles. The number of hydrogen-bond donors (Lipinski definition) is 0. The molecule has 63 heavy (non-hydrogen) atoms. The number of fused-ring (bicyclic) bond motifs is 12. The Labute approximate surface area is 366 Å². The fourth-order valence-corrected chi connectivity index (χ4v) is 11.1. The number of anilines is 3. The lowest BCUT2D eigenvalue weighted by Crippen LogP contribution is -2.18. The van der Waals surface area contributed by atoms with E-state index in [1.54, 1.807) is 0 Å². The predicted octanol–water partition coefficient (Wildman–Crippen LogP) is 16.9. The molecule has 0 radical (unpaired) electrons. The molecule has 0 saturated carbocycles. The molecule has 11 aromatic rings.